The molecule has 2 aromatic heterocycles. The molecule has 150 valence electrons. The number of morpholine rings is 1. The minimum Gasteiger partial charge on any atom is -0.378 e. The van der Waals surface area contributed by atoms with Gasteiger partial charge >= 0.3 is 5.69 Å². The zero-order valence-corrected chi connectivity index (χ0v) is 16.1. The van der Waals surface area contributed by atoms with Gasteiger partial charge in [-0.3, -0.25) is 14.3 Å². The van der Waals surface area contributed by atoms with Crippen molar-refractivity contribution in [3.05, 3.63) is 46.5 Å². The molecule has 0 spiro atoms. The summed E-state index contributed by atoms with van der Waals surface area (Å²) in [6.45, 7) is 2.40. The van der Waals surface area contributed by atoms with Crippen molar-refractivity contribution in [3.63, 3.8) is 0 Å². The summed E-state index contributed by atoms with van der Waals surface area (Å²) in [6, 6.07) is 7.59. The molecule has 1 N–H and O–H groups in total. The third-order valence-corrected chi connectivity index (χ3v) is 5.84. The quantitative estimate of drug-likeness (QED) is 0.737. The Morgan fingerprint density at radius 1 is 1.10 bits per heavy atom. The minimum absolute atomic E-state index is 0.0158. The van der Waals surface area contributed by atoms with Gasteiger partial charge in [-0.05, 0) is 25.0 Å². The highest BCUT2D eigenvalue weighted by Gasteiger charge is 2.23. The molecule has 3 heterocycles. The van der Waals surface area contributed by atoms with E-state index >= 15 is 0 Å². The fraction of sp³-hybridized carbons (Fsp3) is 0.429. The Morgan fingerprint density at radius 3 is 2.55 bits per heavy atom. The van der Waals surface area contributed by atoms with Crippen LogP contribution < -0.4 is 5.69 Å². The first kappa shape index (κ1) is 18.1. The van der Waals surface area contributed by atoms with E-state index < -0.39 is 0 Å². The van der Waals surface area contributed by atoms with Crippen molar-refractivity contribution in [1.29, 1.82) is 0 Å². The zero-order valence-electron chi connectivity index (χ0n) is 16.1. The number of carbonyl (C=O) groups is 1. The number of nitrogens with one attached hydrogen (secondary N) is 1. The average molecular weight is 393 g/mol. The molecule has 2 aliphatic rings. The van der Waals surface area contributed by atoms with E-state index in [-0.39, 0.29) is 17.6 Å². The number of imidazole rings is 1. The van der Waals surface area contributed by atoms with E-state index in [1.165, 1.54) is 0 Å². The number of amides is 1. The first-order valence-corrected chi connectivity index (χ1v) is 10.2. The van der Waals surface area contributed by atoms with E-state index in [2.05, 4.69) is 9.97 Å². The molecule has 1 aliphatic carbocycles. The molecule has 1 saturated heterocycles. The Labute approximate surface area is 167 Å². The van der Waals surface area contributed by atoms with Gasteiger partial charge in [0.15, 0.2) is 11.3 Å². The van der Waals surface area contributed by atoms with Crippen molar-refractivity contribution in [2.45, 2.75) is 31.7 Å². The molecule has 1 amide bonds. The van der Waals surface area contributed by atoms with Crippen LogP contribution in [0.2, 0.25) is 0 Å². The lowest BCUT2D eigenvalue weighted by Crippen LogP contribution is -2.40. The van der Waals surface area contributed by atoms with Gasteiger partial charge in [0.2, 0.25) is 0 Å². The summed E-state index contributed by atoms with van der Waals surface area (Å²) in [5.74, 6) is 0.0158. The highest BCUT2D eigenvalue weighted by Crippen LogP contribution is 2.30. The molecular formula is C21H23N5O3. The second kappa shape index (κ2) is 7.44. The molecule has 29 heavy (non-hydrogen) atoms. The van der Waals surface area contributed by atoms with Crippen LogP contribution in [0.3, 0.4) is 0 Å². The van der Waals surface area contributed by atoms with Gasteiger partial charge in [-0.2, -0.15) is 0 Å². The first-order chi connectivity index (χ1) is 14.2. The highest BCUT2D eigenvalue weighted by atomic mass is 16.5. The Balaban J connectivity index is 1.45. The van der Waals surface area contributed by atoms with Crippen LogP contribution in [0.15, 0.2) is 35.3 Å². The van der Waals surface area contributed by atoms with Crippen molar-refractivity contribution >= 4 is 17.2 Å². The second-order valence-corrected chi connectivity index (χ2v) is 7.65. The normalized spacial score (nSPS) is 17.9. The summed E-state index contributed by atoms with van der Waals surface area (Å²) in [7, 11) is 0. The van der Waals surface area contributed by atoms with Gasteiger partial charge in [0.05, 0.1) is 25.1 Å². The standard InChI is InChI=1S/C21H23N5O3/c27-20(25-9-11-29-12-10-25)15-7-5-14(6-8-15)17-13-22-18-19(23-17)26(21(28)24-18)16-3-1-2-4-16/h5-8,13,16H,1-4,9-12H2,(H,22,24,28). The molecule has 0 bridgehead atoms. The molecular weight excluding hydrogens is 370 g/mol. The summed E-state index contributed by atoms with van der Waals surface area (Å²) in [5, 5.41) is 0. The Hall–Kier alpha value is -3.00. The minimum atomic E-state index is -0.143. The number of hydrogen-bond acceptors (Lipinski definition) is 5. The van der Waals surface area contributed by atoms with Crippen LogP contribution in [0.4, 0.5) is 0 Å². The number of nitrogens with zero attached hydrogens (tertiary/aromatic N) is 4. The number of ether oxygens (including phenoxy) is 1. The van der Waals surface area contributed by atoms with Crippen molar-refractivity contribution in [2.24, 2.45) is 0 Å². The first-order valence-electron chi connectivity index (χ1n) is 10.2. The summed E-state index contributed by atoms with van der Waals surface area (Å²) in [6.07, 6.45) is 5.93. The van der Waals surface area contributed by atoms with Crippen molar-refractivity contribution < 1.29 is 9.53 Å². The largest absolute Gasteiger partial charge is 0.378 e. The fourth-order valence-electron chi connectivity index (χ4n) is 4.27. The number of benzene rings is 1. The van der Waals surface area contributed by atoms with Gasteiger partial charge in [-0.1, -0.05) is 25.0 Å². The monoisotopic (exact) mass is 393 g/mol. The van der Waals surface area contributed by atoms with E-state index in [4.69, 9.17) is 9.72 Å². The molecule has 1 aromatic carbocycles. The summed E-state index contributed by atoms with van der Waals surface area (Å²) < 4.78 is 7.07. The number of H-pyrrole nitrogens is 1. The highest BCUT2D eigenvalue weighted by molar-refractivity contribution is 5.94. The third-order valence-electron chi connectivity index (χ3n) is 5.84. The van der Waals surface area contributed by atoms with Gasteiger partial charge in [0.25, 0.3) is 5.91 Å². The van der Waals surface area contributed by atoms with Gasteiger partial charge < -0.3 is 9.64 Å². The maximum Gasteiger partial charge on any atom is 0.329 e. The van der Waals surface area contributed by atoms with E-state index in [0.29, 0.717) is 48.9 Å². The van der Waals surface area contributed by atoms with Crippen LogP contribution in [0, 0.1) is 0 Å². The molecule has 1 saturated carbocycles. The van der Waals surface area contributed by atoms with Crippen LogP contribution in [0.5, 0.6) is 0 Å². The smallest absolute Gasteiger partial charge is 0.329 e. The maximum absolute atomic E-state index is 12.6. The van der Waals surface area contributed by atoms with Gasteiger partial charge in [0.1, 0.15) is 0 Å². The number of carbonyl (C=O) groups excluding carboxylic acids is 1. The van der Waals surface area contributed by atoms with E-state index in [1.807, 2.05) is 29.2 Å². The lowest BCUT2D eigenvalue weighted by Gasteiger charge is -2.26. The second-order valence-electron chi connectivity index (χ2n) is 7.65. The van der Waals surface area contributed by atoms with E-state index in [1.54, 1.807) is 10.8 Å². The molecule has 5 rings (SSSR count). The number of aromatic nitrogens is 4. The molecule has 1 aliphatic heterocycles. The molecule has 8 nitrogen and oxygen atoms in total. The lowest BCUT2D eigenvalue weighted by atomic mass is 10.1. The molecule has 0 radical (unpaired) electrons. The molecule has 0 atom stereocenters. The molecule has 8 heteroatoms. The van der Waals surface area contributed by atoms with Crippen LogP contribution in [-0.4, -0.2) is 56.6 Å². The number of hydrogen-bond donors (Lipinski definition) is 1. The summed E-state index contributed by atoms with van der Waals surface area (Å²) in [4.78, 5) is 38.8. The van der Waals surface area contributed by atoms with Crippen molar-refractivity contribution in [2.75, 3.05) is 26.3 Å². The number of rotatable bonds is 3. The predicted octanol–water partition coefficient (Wildman–Crippen LogP) is 2.37. The van der Waals surface area contributed by atoms with Gasteiger partial charge in [0, 0.05) is 30.3 Å². The predicted molar refractivity (Wildman–Crippen MR) is 108 cm³/mol. The summed E-state index contributed by atoms with van der Waals surface area (Å²) >= 11 is 0. The fourth-order valence-corrected chi connectivity index (χ4v) is 4.27. The van der Waals surface area contributed by atoms with Gasteiger partial charge in [-0.25, -0.2) is 14.8 Å². The molecule has 3 aromatic rings. The Morgan fingerprint density at radius 2 is 1.83 bits per heavy atom. The van der Waals surface area contributed by atoms with Crippen LogP contribution in [-0.2, 0) is 4.74 Å². The van der Waals surface area contributed by atoms with E-state index in [9.17, 15) is 9.59 Å². The topological polar surface area (TPSA) is 93.1 Å². The van der Waals surface area contributed by atoms with Gasteiger partial charge in [-0.15, -0.1) is 0 Å². The Kier molecular flexibility index (Phi) is 4.63. The van der Waals surface area contributed by atoms with Crippen molar-refractivity contribution in [1.82, 2.24) is 24.4 Å². The lowest BCUT2D eigenvalue weighted by molar-refractivity contribution is 0.0303. The number of fused-ring (bicyclic) bond motifs is 1. The number of aromatic amines is 1. The molecule has 0 unspecified atom stereocenters. The average Bonchev–Trinajstić information content (AvgIpc) is 3.40. The summed E-state index contributed by atoms with van der Waals surface area (Å²) in [5.41, 5.74) is 3.18. The van der Waals surface area contributed by atoms with Crippen LogP contribution in [0.1, 0.15) is 42.1 Å². The molecule has 2 fully saturated rings. The maximum atomic E-state index is 12.6. The van der Waals surface area contributed by atoms with Crippen LogP contribution >= 0.6 is 0 Å². The Bertz CT molecular complexity index is 1090. The SMILES string of the molecule is O=C(c1ccc(-c2cnc3[nH]c(=O)n(C4CCCC4)c3n2)cc1)N1CCOCC1. The van der Waals surface area contributed by atoms with Crippen LogP contribution in [0.25, 0.3) is 22.6 Å². The third kappa shape index (κ3) is 3.33. The zero-order chi connectivity index (χ0) is 19.8. The van der Waals surface area contributed by atoms with E-state index in [0.717, 1.165) is 31.2 Å². The van der Waals surface area contributed by atoms with Crippen molar-refractivity contribution in [3.8, 4) is 11.3 Å².